The summed E-state index contributed by atoms with van der Waals surface area (Å²) < 4.78 is 13.8. The van der Waals surface area contributed by atoms with Crippen LogP contribution in [0.25, 0.3) is 0 Å². The van der Waals surface area contributed by atoms with Crippen LogP contribution in [0.3, 0.4) is 0 Å². The number of para-hydroxylation sites is 1. The Hall–Kier alpha value is -1.91. The highest BCUT2D eigenvalue weighted by atomic mass is 19.1. The highest BCUT2D eigenvalue weighted by molar-refractivity contribution is 5.62. The number of halogens is 1. The average molecular weight is 328 g/mol. The molecule has 0 saturated carbocycles. The van der Waals surface area contributed by atoms with Crippen LogP contribution in [0.15, 0.2) is 48.5 Å². The minimum absolute atomic E-state index is 0.270. The van der Waals surface area contributed by atoms with Gasteiger partial charge in [-0.25, -0.2) is 4.39 Å². The van der Waals surface area contributed by atoms with Gasteiger partial charge in [-0.05, 0) is 42.8 Å². The normalized spacial score (nSPS) is 19.2. The monoisotopic (exact) mass is 328 g/mol. The first-order chi connectivity index (χ1) is 11.7. The van der Waals surface area contributed by atoms with E-state index in [1.165, 1.54) is 17.7 Å². The number of anilines is 1. The zero-order valence-electron chi connectivity index (χ0n) is 14.2. The van der Waals surface area contributed by atoms with Crippen LogP contribution < -0.4 is 10.2 Å². The molecule has 2 aromatic carbocycles. The molecule has 24 heavy (non-hydrogen) atoms. The van der Waals surface area contributed by atoms with E-state index in [0.29, 0.717) is 12.5 Å². The third-order valence-electron chi connectivity index (χ3n) is 4.90. The third kappa shape index (κ3) is 3.17. The molecule has 1 heterocycles. The second-order valence-corrected chi connectivity index (χ2v) is 6.44. The summed E-state index contributed by atoms with van der Waals surface area (Å²) in [6.45, 7) is 3.49. The molecule has 2 aromatic rings. The van der Waals surface area contributed by atoms with E-state index in [1.54, 1.807) is 6.07 Å². The van der Waals surface area contributed by atoms with Gasteiger partial charge < -0.3 is 15.3 Å². The molecule has 3 rings (SSSR count). The van der Waals surface area contributed by atoms with Crippen molar-refractivity contribution in [3.05, 3.63) is 65.5 Å². The predicted molar refractivity (Wildman–Crippen MR) is 95.9 cm³/mol. The first kappa shape index (κ1) is 16.9. The number of nitrogens with one attached hydrogen (secondary N) is 1. The first-order valence-electron chi connectivity index (χ1n) is 8.59. The molecule has 1 aliphatic rings. The average Bonchev–Trinajstić information content (AvgIpc) is 2.94. The van der Waals surface area contributed by atoms with Crippen molar-refractivity contribution in [1.82, 2.24) is 5.32 Å². The van der Waals surface area contributed by atoms with Crippen molar-refractivity contribution in [3.8, 4) is 0 Å². The van der Waals surface area contributed by atoms with Crippen molar-refractivity contribution >= 4 is 5.69 Å². The van der Waals surface area contributed by atoms with Gasteiger partial charge in [0.15, 0.2) is 0 Å². The highest BCUT2D eigenvalue weighted by Crippen LogP contribution is 2.43. The van der Waals surface area contributed by atoms with Crippen LogP contribution in [0.5, 0.6) is 0 Å². The van der Waals surface area contributed by atoms with Gasteiger partial charge in [0.1, 0.15) is 5.82 Å². The summed E-state index contributed by atoms with van der Waals surface area (Å²) in [4.78, 5) is 2.24. The van der Waals surface area contributed by atoms with Crippen molar-refractivity contribution in [2.75, 3.05) is 25.0 Å². The van der Waals surface area contributed by atoms with Gasteiger partial charge in [-0.1, -0.05) is 37.3 Å². The number of rotatable bonds is 6. The van der Waals surface area contributed by atoms with Gasteiger partial charge in [0.2, 0.25) is 0 Å². The van der Waals surface area contributed by atoms with Gasteiger partial charge >= 0.3 is 0 Å². The molecular formula is C20H25FN2O. The molecular weight excluding hydrogens is 303 g/mol. The predicted octanol–water partition coefficient (Wildman–Crippen LogP) is 3.46. The molecule has 0 amide bonds. The molecule has 2 N–H and O–H groups in total. The fourth-order valence-electron chi connectivity index (χ4n) is 3.76. The molecule has 0 saturated heterocycles. The van der Waals surface area contributed by atoms with Crippen molar-refractivity contribution in [2.45, 2.75) is 31.4 Å². The van der Waals surface area contributed by atoms with Gasteiger partial charge in [0.25, 0.3) is 0 Å². The molecule has 0 fully saturated rings. The molecule has 128 valence electrons. The van der Waals surface area contributed by atoms with E-state index in [1.807, 2.05) is 19.2 Å². The van der Waals surface area contributed by atoms with Gasteiger partial charge in [-0.15, -0.1) is 0 Å². The maximum Gasteiger partial charge on any atom is 0.123 e. The first-order valence-corrected chi connectivity index (χ1v) is 8.59. The lowest BCUT2D eigenvalue weighted by Crippen LogP contribution is -2.40. The van der Waals surface area contributed by atoms with Gasteiger partial charge in [-0.2, -0.15) is 0 Å². The Bertz CT molecular complexity index is 691. The molecule has 0 bridgehead atoms. The van der Waals surface area contributed by atoms with E-state index >= 15 is 0 Å². The summed E-state index contributed by atoms with van der Waals surface area (Å²) in [5.41, 5.74) is 3.27. The van der Waals surface area contributed by atoms with Crippen molar-refractivity contribution in [1.29, 1.82) is 0 Å². The Balaban J connectivity index is 2.03. The Morgan fingerprint density at radius 2 is 2.04 bits per heavy atom. The number of hydrogen-bond acceptors (Lipinski definition) is 3. The van der Waals surface area contributed by atoms with Crippen LogP contribution in [0.4, 0.5) is 10.1 Å². The van der Waals surface area contributed by atoms with Crippen molar-refractivity contribution < 1.29 is 9.50 Å². The fraction of sp³-hybridized carbons (Fsp3) is 0.400. The number of hydrogen-bond donors (Lipinski definition) is 2. The lowest BCUT2D eigenvalue weighted by molar-refractivity contribution is 0.140. The topological polar surface area (TPSA) is 35.5 Å². The number of benzene rings is 2. The second-order valence-electron chi connectivity index (χ2n) is 6.44. The Morgan fingerprint density at radius 3 is 2.75 bits per heavy atom. The quantitative estimate of drug-likeness (QED) is 0.852. The zero-order valence-corrected chi connectivity index (χ0v) is 14.2. The van der Waals surface area contributed by atoms with E-state index in [2.05, 4.69) is 35.3 Å². The van der Waals surface area contributed by atoms with E-state index in [0.717, 1.165) is 24.2 Å². The summed E-state index contributed by atoms with van der Waals surface area (Å²) in [5.74, 6) is 0.174. The van der Waals surface area contributed by atoms with E-state index in [9.17, 15) is 9.50 Å². The highest BCUT2D eigenvalue weighted by Gasteiger charge is 2.35. The standard InChI is InChI=1S/C20H25FN2O/c1-3-14-13-23(18-10-5-4-9-17(14)18)20(19(24)12-22-2)15-7-6-8-16(21)11-15/h4-11,14,19-20,22,24H,3,12-13H2,1-2H3/t14?,19-,20+/m1/s1. The van der Waals surface area contributed by atoms with E-state index in [4.69, 9.17) is 0 Å². The Kier molecular flexibility index (Phi) is 5.17. The van der Waals surface area contributed by atoms with E-state index in [-0.39, 0.29) is 11.9 Å². The van der Waals surface area contributed by atoms with Gasteiger partial charge in [0, 0.05) is 24.7 Å². The molecule has 0 aromatic heterocycles. The van der Waals surface area contributed by atoms with Crippen LogP contribution in [-0.4, -0.2) is 31.3 Å². The zero-order chi connectivity index (χ0) is 17.1. The minimum Gasteiger partial charge on any atom is -0.389 e. The lowest BCUT2D eigenvalue weighted by Gasteiger charge is -2.34. The number of likely N-dealkylation sites (N-methyl/N-ethyl adjacent to an activating group) is 1. The Labute approximate surface area is 143 Å². The molecule has 4 heteroatoms. The van der Waals surface area contributed by atoms with Crippen LogP contribution in [0.2, 0.25) is 0 Å². The number of nitrogens with zero attached hydrogens (tertiary/aromatic N) is 1. The molecule has 1 unspecified atom stereocenters. The Morgan fingerprint density at radius 1 is 1.25 bits per heavy atom. The van der Waals surface area contributed by atoms with Crippen molar-refractivity contribution in [3.63, 3.8) is 0 Å². The van der Waals surface area contributed by atoms with Crippen LogP contribution >= 0.6 is 0 Å². The van der Waals surface area contributed by atoms with Crippen LogP contribution in [-0.2, 0) is 0 Å². The van der Waals surface area contributed by atoms with Gasteiger partial charge in [0.05, 0.1) is 12.1 Å². The summed E-state index contributed by atoms with van der Waals surface area (Å²) >= 11 is 0. The number of aliphatic hydroxyl groups is 1. The van der Waals surface area contributed by atoms with Crippen molar-refractivity contribution in [2.24, 2.45) is 0 Å². The van der Waals surface area contributed by atoms with Crippen LogP contribution in [0, 0.1) is 5.82 Å². The second kappa shape index (κ2) is 7.32. The number of fused-ring (bicyclic) bond motifs is 1. The summed E-state index contributed by atoms with van der Waals surface area (Å²) in [6, 6.07) is 14.7. The largest absolute Gasteiger partial charge is 0.389 e. The molecule has 3 nitrogen and oxygen atoms in total. The molecule has 0 radical (unpaired) electrons. The lowest BCUT2D eigenvalue weighted by atomic mass is 9.98. The third-order valence-corrected chi connectivity index (χ3v) is 4.90. The fourth-order valence-corrected chi connectivity index (χ4v) is 3.76. The van der Waals surface area contributed by atoms with Gasteiger partial charge in [-0.3, -0.25) is 0 Å². The maximum absolute atomic E-state index is 13.8. The SMILES string of the molecule is CCC1CN([C@@H](c2cccc(F)c2)[C@H](O)CNC)c2ccccc21. The summed E-state index contributed by atoms with van der Waals surface area (Å²) in [7, 11) is 1.82. The molecule has 1 aliphatic heterocycles. The minimum atomic E-state index is -0.625. The maximum atomic E-state index is 13.8. The smallest absolute Gasteiger partial charge is 0.123 e. The summed E-state index contributed by atoms with van der Waals surface area (Å²) in [5, 5.41) is 13.8. The van der Waals surface area contributed by atoms with E-state index < -0.39 is 6.10 Å². The molecule has 3 atom stereocenters. The number of aliphatic hydroxyl groups excluding tert-OH is 1. The summed E-state index contributed by atoms with van der Waals surface area (Å²) in [6.07, 6.45) is 0.423. The molecule has 0 spiro atoms. The molecule has 0 aliphatic carbocycles. The van der Waals surface area contributed by atoms with Crippen LogP contribution in [0.1, 0.15) is 36.4 Å².